The molecule has 6 nitrogen and oxygen atoms in total. The highest BCUT2D eigenvalue weighted by Crippen LogP contribution is 2.29. The molecule has 0 aliphatic carbocycles. The fourth-order valence-corrected chi connectivity index (χ4v) is 6.04. The van der Waals surface area contributed by atoms with Gasteiger partial charge in [-0.05, 0) is 80.2 Å². The van der Waals surface area contributed by atoms with Crippen molar-refractivity contribution in [2.24, 2.45) is 7.05 Å². The average Bonchev–Trinajstić information content (AvgIpc) is 3.55. The van der Waals surface area contributed by atoms with Crippen molar-refractivity contribution in [3.8, 4) is 11.5 Å². The summed E-state index contributed by atoms with van der Waals surface area (Å²) in [6, 6.07) is 20.0. The second-order valence-corrected chi connectivity index (χ2v) is 10.5. The smallest absolute Gasteiger partial charge is 0.211 e. The third-order valence-electron chi connectivity index (χ3n) is 7.18. The predicted octanol–water partition coefficient (Wildman–Crippen LogP) is 6.03. The highest BCUT2D eigenvalue weighted by Gasteiger charge is 2.21. The number of hydrogen-bond donors (Lipinski definition) is 1. The first-order chi connectivity index (χ1) is 18.2. The van der Waals surface area contributed by atoms with Gasteiger partial charge in [-0.1, -0.05) is 18.2 Å². The lowest BCUT2D eigenvalue weighted by Gasteiger charge is -2.17. The lowest BCUT2D eigenvalue weighted by atomic mass is 10.1. The van der Waals surface area contributed by atoms with E-state index >= 15 is 0 Å². The van der Waals surface area contributed by atoms with Crippen LogP contribution >= 0.6 is 11.3 Å². The summed E-state index contributed by atoms with van der Waals surface area (Å²) in [4.78, 5) is 13.6. The zero-order valence-corrected chi connectivity index (χ0v) is 21.8. The molecular formula is C30H31N3O3S. The maximum atomic E-state index is 13.6. The number of carbonyl (C=O) groups is 1. The van der Waals surface area contributed by atoms with Crippen LogP contribution in [-0.2, 0) is 13.6 Å². The molecule has 0 amide bonds. The zero-order chi connectivity index (χ0) is 25.2. The average molecular weight is 514 g/mol. The van der Waals surface area contributed by atoms with Crippen molar-refractivity contribution in [3.05, 3.63) is 83.5 Å². The minimum atomic E-state index is 0.0433. The van der Waals surface area contributed by atoms with Crippen LogP contribution in [0, 0.1) is 0 Å². The number of ether oxygens (including phenoxy) is 2. The normalized spacial score (nSPS) is 16.2. The molecule has 3 aromatic heterocycles. The maximum Gasteiger partial charge on any atom is 0.211 e. The summed E-state index contributed by atoms with van der Waals surface area (Å²) in [5.41, 5.74) is 3.56. The number of aromatic nitrogens is 2. The van der Waals surface area contributed by atoms with Gasteiger partial charge in [0.15, 0.2) is 0 Å². The Hall–Kier alpha value is -3.55. The molecule has 1 saturated heterocycles. The standard InChI is InChI=1S/C30H31N3O3S/c1-32-27-13-18-37-29(27)19-28(32)30(34)25-20-33(26-7-3-2-6-24(25)26)16-17-35-21-8-10-23(11-9-21)36-22-5-4-14-31-15-12-22/h2-3,6-11,13,18-20,22,31H,4-5,12,14-17H2,1H3. The second kappa shape index (κ2) is 10.4. The summed E-state index contributed by atoms with van der Waals surface area (Å²) in [7, 11) is 1.96. The first kappa shape index (κ1) is 23.8. The number of nitrogens with one attached hydrogen (secondary N) is 1. The van der Waals surface area contributed by atoms with Crippen LogP contribution in [0.5, 0.6) is 11.5 Å². The Kier molecular flexibility index (Phi) is 6.72. The summed E-state index contributed by atoms with van der Waals surface area (Å²) in [5.74, 6) is 1.74. The Bertz CT molecular complexity index is 1520. The number of fused-ring (bicyclic) bond motifs is 2. The number of aryl methyl sites for hydroxylation is 1. The molecule has 0 radical (unpaired) electrons. The fraction of sp³-hybridized carbons (Fsp3) is 0.300. The maximum absolute atomic E-state index is 13.6. The Morgan fingerprint density at radius 3 is 2.73 bits per heavy atom. The first-order valence-electron chi connectivity index (χ1n) is 12.9. The number of hydrogen-bond acceptors (Lipinski definition) is 5. The molecule has 0 saturated carbocycles. The van der Waals surface area contributed by atoms with E-state index in [-0.39, 0.29) is 11.9 Å². The van der Waals surface area contributed by atoms with Crippen molar-refractivity contribution >= 4 is 38.2 Å². The van der Waals surface area contributed by atoms with Crippen molar-refractivity contribution in [1.82, 2.24) is 14.5 Å². The van der Waals surface area contributed by atoms with Gasteiger partial charge in [0, 0.05) is 29.7 Å². The van der Waals surface area contributed by atoms with E-state index in [2.05, 4.69) is 27.4 Å². The van der Waals surface area contributed by atoms with E-state index in [4.69, 9.17) is 9.47 Å². The van der Waals surface area contributed by atoms with E-state index in [0.717, 1.165) is 70.5 Å². The zero-order valence-electron chi connectivity index (χ0n) is 21.0. The van der Waals surface area contributed by atoms with Gasteiger partial charge >= 0.3 is 0 Å². The Balaban J connectivity index is 1.14. The molecule has 5 aromatic rings. The molecule has 1 aliphatic rings. The van der Waals surface area contributed by atoms with E-state index < -0.39 is 0 Å². The molecule has 0 bridgehead atoms. The van der Waals surface area contributed by atoms with Gasteiger partial charge in [0.25, 0.3) is 0 Å². The van der Waals surface area contributed by atoms with Gasteiger partial charge in [-0.15, -0.1) is 11.3 Å². The molecule has 4 heterocycles. The fourth-order valence-electron chi connectivity index (χ4n) is 5.19. The molecule has 1 atom stereocenters. The summed E-state index contributed by atoms with van der Waals surface area (Å²) in [6.45, 7) is 3.23. The lowest BCUT2D eigenvalue weighted by Crippen LogP contribution is -2.19. The van der Waals surface area contributed by atoms with Crippen LogP contribution in [-0.4, -0.2) is 40.7 Å². The number of para-hydroxylation sites is 1. The van der Waals surface area contributed by atoms with Crippen LogP contribution < -0.4 is 14.8 Å². The molecule has 190 valence electrons. The topological polar surface area (TPSA) is 57.4 Å². The van der Waals surface area contributed by atoms with Gasteiger partial charge in [-0.25, -0.2) is 0 Å². The Morgan fingerprint density at radius 1 is 1.03 bits per heavy atom. The molecule has 1 aliphatic heterocycles. The monoisotopic (exact) mass is 513 g/mol. The Labute approximate surface area is 220 Å². The van der Waals surface area contributed by atoms with Crippen molar-refractivity contribution in [1.29, 1.82) is 0 Å². The quantitative estimate of drug-likeness (QED) is 0.258. The molecule has 0 spiro atoms. The number of benzene rings is 2. The first-order valence-corrected chi connectivity index (χ1v) is 13.8. The molecular weight excluding hydrogens is 482 g/mol. The molecule has 1 unspecified atom stereocenters. The van der Waals surface area contributed by atoms with Crippen LogP contribution in [0.4, 0.5) is 0 Å². The van der Waals surface area contributed by atoms with Crippen LogP contribution in [0.1, 0.15) is 35.3 Å². The number of nitrogens with zero attached hydrogens (tertiary/aromatic N) is 2. The number of thiophene rings is 1. The van der Waals surface area contributed by atoms with Gasteiger partial charge in [0.1, 0.15) is 18.1 Å². The largest absolute Gasteiger partial charge is 0.492 e. The van der Waals surface area contributed by atoms with E-state index in [9.17, 15) is 4.79 Å². The second-order valence-electron chi connectivity index (χ2n) is 9.58. The number of ketones is 1. The van der Waals surface area contributed by atoms with Gasteiger partial charge in [0.05, 0.1) is 28.6 Å². The van der Waals surface area contributed by atoms with Crippen molar-refractivity contribution in [2.75, 3.05) is 19.7 Å². The molecule has 1 N–H and O–H groups in total. The predicted molar refractivity (Wildman–Crippen MR) is 149 cm³/mol. The van der Waals surface area contributed by atoms with Gasteiger partial charge in [-0.2, -0.15) is 0 Å². The van der Waals surface area contributed by atoms with E-state index in [0.29, 0.717) is 18.8 Å². The van der Waals surface area contributed by atoms with E-state index in [1.807, 2.05) is 66.3 Å². The van der Waals surface area contributed by atoms with Crippen LogP contribution in [0.15, 0.2) is 72.2 Å². The third kappa shape index (κ3) is 4.89. The minimum Gasteiger partial charge on any atom is -0.492 e. The van der Waals surface area contributed by atoms with Crippen molar-refractivity contribution < 1.29 is 14.3 Å². The van der Waals surface area contributed by atoms with Crippen LogP contribution in [0.25, 0.3) is 21.1 Å². The van der Waals surface area contributed by atoms with Crippen molar-refractivity contribution in [2.45, 2.75) is 31.9 Å². The summed E-state index contributed by atoms with van der Waals surface area (Å²) in [6.07, 6.45) is 5.51. The molecule has 6 rings (SSSR count). The summed E-state index contributed by atoms with van der Waals surface area (Å²) >= 11 is 1.66. The third-order valence-corrected chi connectivity index (χ3v) is 8.03. The van der Waals surface area contributed by atoms with Gasteiger partial charge in [-0.3, -0.25) is 4.79 Å². The van der Waals surface area contributed by atoms with Gasteiger partial charge in [0.2, 0.25) is 5.78 Å². The SMILES string of the molecule is Cn1c(C(=O)c2cn(CCOc3ccc(OC4CCCNCC4)cc3)c3ccccc23)cc2sccc21. The molecule has 2 aromatic carbocycles. The molecule has 37 heavy (non-hydrogen) atoms. The van der Waals surface area contributed by atoms with Gasteiger partial charge < -0.3 is 23.9 Å². The number of carbonyl (C=O) groups excluding carboxylic acids is 1. The summed E-state index contributed by atoms with van der Waals surface area (Å²) < 4.78 is 17.5. The van der Waals surface area contributed by atoms with Crippen LogP contribution in [0.3, 0.4) is 0 Å². The molecule has 7 heteroatoms. The number of rotatable bonds is 8. The Morgan fingerprint density at radius 2 is 1.86 bits per heavy atom. The highest BCUT2D eigenvalue weighted by molar-refractivity contribution is 7.17. The lowest BCUT2D eigenvalue weighted by molar-refractivity contribution is 0.103. The van der Waals surface area contributed by atoms with E-state index in [1.54, 1.807) is 11.3 Å². The summed E-state index contributed by atoms with van der Waals surface area (Å²) in [5, 5.41) is 6.44. The van der Waals surface area contributed by atoms with Crippen LogP contribution in [0.2, 0.25) is 0 Å². The highest BCUT2D eigenvalue weighted by atomic mass is 32.1. The van der Waals surface area contributed by atoms with E-state index in [1.165, 1.54) is 0 Å². The minimum absolute atomic E-state index is 0.0433. The van der Waals surface area contributed by atoms with Crippen molar-refractivity contribution in [3.63, 3.8) is 0 Å². The molecule has 1 fully saturated rings.